The van der Waals surface area contributed by atoms with Crippen LogP contribution in [0.25, 0.3) is 0 Å². The van der Waals surface area contributed by atoms with E-state index in [9.17, 15) is 8.42 Å². The van der Waals surface area contributed by atoms with E-state index in [0.29, 0.717) is 18.0 Å². The van der Waals surface area contributed by atoms with E-state index in [4.69, 9.17) is 5.73 Å². The molecule has 0 aliphatic carbocycles. The third-order valence-corrected chi connectivity index (χ3v) is 5.65. The lowest BCUT2D eigenvalue weighted by molar-refractivity contribution is 0.243. The van der Waals surface area contributed by atoms with Crippen LogP contribution in [-0.4, -0.2) is 31.9 Å². The summed E-state index contributed by atoms with van der Waals surface area (Å²) in [6.07, 6.45) is 1.90. The molecule has 1 aromatic carbocycles. The Morgan fingerprint density at radius 3 is 2.79 bits per heavy atom. The van der Waals surface area contributed by atoms with Gasteiger partial charge in [0, 0.05) is 19.1 Å². The minimum Gasteiger partial charge on any atom is -0.328 e. The summed E-state index contributed by atoms with van der Waals surface area (Å²) in [5, 5.41) is 0. The number of sulfonamides is 1. The summed E-state index contributed by atoms with van der Waals surface area (Å²) in [5.41, 5.74) is 6.87. The van der Waals surface area contributed by atoms with Gasteiger partial charge in [-0.3, -0.25) is 0 Å². The predicted molar refractivity (Wildman–Crippen MR) is 76.3 cm³/mol. The maximum Gasteiger partial charge on any atom is 0.243 e. The lowest BCUT2D eigenvalue weighted by atomic mass is 9.93. The predicted octanol–water partition coefficient (Wildman–Crippen LogP) is 1.74. The van der Waals surface area contributed by atoms with Crippen molar-refractivity contribution in [2.45, 2.75) is 37.6 Å². The second kappa shape index (κ2) is 5.61. The Labute approximate surface area is 115 Å². The van der Waals surface area contributed by atoms with Crippen molar-refractivity contribution in [1.82, 2.24) is 4.31 Å². The molecule has 1 heterocycles. The molecule has 4 nitrogen and oxygen atoms in total. The highest BCUT2D eigenvalue weighted by molar-refractivity contribution is 7.89. The zero-order valence-electron chi connectivity index (χ0n) is 11.5. The molecular weight excluding hydrogens is 260 g/mol. The van der Waals surface area contributed by atoms with Gasteiger partial charge in [0.25, 0.3) is 0 Å². The lowest BCUT2D eigenvalue weighted by Gasteiger charge is -2.33. The van der Waals surface area contributed by atoms with Crippen molar-refractivity contribution in [2.24, 2.45) is 11.7 Å². The molecule has 2 atom stereocenters. The van der Waals surface area contributed by atoms with E-state index in [1.807, 2.05) is 19.9 Å². The van der Waals surface area contributed by atoms with Crippen molar-refractivity contribution in [3.63, 3.8) is 0 Å². The maximum absolute atomic E-state index is 12.6. The Morgan fingerprint density at radius 1 is 1.42 bits per heavy atom. The second-order valence-electron chi connectivity index (χ2n) is 5.44. The van der Waals surface area contributed by atoms with Crippen LogP contribution in [0.4, 0.5) is 0 Å². The van der Waals surface area contributed by atoms with E-state index >= 15 is 0 Å². The first kappa shape index (κ1) is 14.5. The first-order valence-electron chi connectivity index (χ1n) is 6.73. The van der Waals surface area contributed by atoms with Gasteiger partial charge in [0.1, 0.15) is 0 Å². The van der Waals surface area contributed by atoms with Gasteiger partial charge in [0.15, 0.2) is 0 Å². The van der Waals surface area contributed by atoms with Crippen LogP contribution in [0.15, 0.2) is 29.2 Å². The molecule has 1 aromatic rings. The summed E-state index contributed by atoms with van der Waals surface area (Å²) in [7, 11) is -3.37. The molecule has 5 heteroatoms. The third-order valence-electron chi connectivity index (χ3n) is 3.79. The van der Waals surface area contributed by atoms with Gasteiger partial charge < -0.3 is 5.73 Å². The Bertz CT molecular complexity index is 540. The number of benzene rings is 1. The molecule has 0 amide bonds. The molecule has 1 aliphatic heterocycles. The smallest absolute Gasteiger partial charge is 0.243 e. The molecule has 106 valence electrons. The summed E-state index contributed by atoms with van der Waals surface area (Å²) in [5.74, 6) is 0.258. The Hall–Kier alpha value is -0.910. The SMILES string of the molecule is Cc1cccc(S(=O)(=O)N2CCC[C@H]([C@@H](C)N)C2)c1. The van der Waals surface area contributed by atoms with Gasteiger partial charge in [-0.05, 0) is 50.3 Å². The maximum atomic E-state index is 12.6. The number of aryl methyl sites for hydroxylation is 1. The number of hydrogen-bond donors (Lipinski definition) is 1. The minimum atomic E-state index is -3.37. The fourth-order valence-corrected chi connectivity index (χ4v) is 4.19. The van der Waals surface area contributed by atoms with Gasteiger partial charge in [-0.2, -0.15) is 4.31 Å². The Kier molecular flexibility index (Phi) is 4.28. The zero-order valence-corrected chi connectivity index (χ0v) is 12.4. The number of nitrogens with two attached hydrogens (primary N) is 1. The zero-order chi connectivity index (χ0) is 14.0. The van der Waals surface area contributed by atoms with E-state index in [0.717, 1.165) is 18.4 Å². The van der Waals surface area contributed by atoms with Gasteiger partial charge in [0.05, 0.1) is 4.90 Å². The monoisotopic (exact) mass is 282 g/mol. The summed E-state index contributed by atoms with van der Waals surface area (Å²) in [4.78, 5) is 0.387. The van der Waals surface area contributed by atoms with Crippen LogP contribution >= 0.6 is 0 Å². The Morgan fingerprint density at radius 2 is 2.16 bits per heavy atom. The van der Waals surface area contributed by atoms with E-state index in [1.165, 1.54) is 0 Å². The molecule has 0 spiro atoms. The van der Waals surface area contributed by atoms with Gasteiger partial charge in [-0.25, -0.2) is 8.42 Å². The molecule has 1 fully saturated rings. The largest absolute Gasteiger partial charge is 0.328 e. The molecular formula is C14H22N2O2S. The highest BCUT2D eigenvalue weighted by Crippen LogP contribution is 2.25. The van der Waals surface area contributed by atoms with E-state index in [2.05, 4.69) is 0 Å². The summed E-state index contributed by atoms with van der Waals surface area (Å²) in [6.45, 7) is 4.99. The van der Waals surface area contributed by atoms with Crippen molar-refractivity contribution >= 4 is 10.0 Å². The van der Waals surface area contributed by atoms with Gasteiger partial charge in [-0.15, -0.1) is 0 Å². The molecule has 2 N–H and O–H groups in total. The van der Waals surface area contributed by atoms with Crippen molar-refractivity contribution in [1.29, 1.82) is 0 Å². The van der Waals surface area contributed by atoms with Crippen LogP contribution in [0.5, 0.6) is 0 Å². The van der Waals surface area contributed by atoms with Gasteiger partial charge in [-0.1, -0.05) is 12.1 Å². The third kappa shape index (κ3) is 3.16. The van der Waals surface area contributed by atoms with Crippen LogP contribution in [0.3, 0.4) is 0 Å². The van der Waals surface area contributed by atoms with Crippen LogP contribution in [0, 0.1) is 12.8 Å². The Balaban J connectivity index is 2.24. The van der Waals surface area contributed by atoms with E-state index in [1.54, 1.807) is 22.5 Å². The quantitative estimate of drug-likeness (QED) is 0.918. The van der Waals surface area contributed by atoms with Gasteiger partial charge in [0.2, 0.25) is 10.0 Å². The highest BCUT2D eigenvalue weighted by Gasteiger charge is 2.31. The molecule has 1 aliphatic rings. The average molecular weight is 282 g/mol. The molecule has 19 heavy (non-hydrogen) atoms. The summed E-state index contributed by atoms with van der Waals surface area (Å²) in [6, 6.07) is 7.12. The molecule has 2 rings (SSSR count). The van der Waals surface area contributed by atoms with Crippen LogP contribution in [0.2, 0.25) is 0 Å². The first-order valence-corrected chi connectivity index (χ1v) is 8.17. The van der Waals surface area contributed by atoms with Crippen LogP contribution in [0.1, 0.15) is 25.3 Å². The topological polar surface area (TPSA) is 63.4 Å². The van der Waals surface area contributed by atoms with Crippen LogP contribution < -0.4 is 5.73 Å². The minimum absolute atomic E-state index is 0.0375. The number of piperidine rings is 1. The lowest BCUT2D eigenvalue weighted by Crippen LogP contribution is -2.44. The average Bonchev–Trinajstić information content (AvgIpc) is 2.39. The van der Waals surface area contributed by atoms with Crippen molar-refractivity contribution in [2.75, 3.05) is 13.1 Å². The van der Waals surface area contributed by atoms with Crippen LogP contribution in [-0.2, 0) is 10.0 Å². The number of hydrogen-bond acceptors (Lipinski definition) is 3. The molecule has 0 saturated carbocycles. The standard InChI is InChI=1S/C14H22N2O2S/c1-11-5-3-7-14(9-11)19(17,18)16-8-4-6-13(10-16)12(2)15/h3,5,7,9,12-13H,4,6,8,10,15H2,1-2H3/t12-,13+/m1/s1. The van der Waals surface area contributed by atoms with Crippen molar-refractivity contribution in [3.8, 4) is 0 Å². The molecule has 0 bridgehead atoms. The molecule has 1 saturated heterocycles. The molecule has 0 aromatic heterocycles. The van der Waals surface area contributed by atoms with Gasteiger partial charge >= 0.3 is 0 Å². The molecule has 0 radical (unpaired) electrons. The highest BCUT2D eigenvalue weighted by atomic mass is 32.2. The van der Waals surface area contributed by atoms with Crippen molar-refractivity contribution < 1.29 is 8.42 Å². The van der Waals surface area contributed by atoms with E-state index < -0.39 is 10.0 Å². The summed E-state index contributed by atoms with van der Waals surface area (Å²) < 4.78 is 26.8. The fourth-order valence-electron chi connectivity index (χ4n) is 2.55. The molecule has 0 unspecified atom stereocenters. The normalized spacial score (nSPS) is 23.2. The second-order valence-corrected chi connectivity index (χ2v) is 7.38. The van der Waals surface area contributed by atoms with Crippen molar-refractivity contribution in [3.05, 3.63) is 29.8 Å². The first-order chi connectivity index (χ1) is 8.91. The summed E-state index contributed by atoms with van der Waals surface area (Å²) >= 11 is 0. The van der Waals surface area contributed by atoms with E-state index in [-0.39, 0.29) is 12.0 Å². The number of rotatable bonds is 3. The fraction of sp³-hybridized carbons (Fsp3) is 0.571. The number of nitrogens with zero attached hydrogens (tertiary/aromatic N) is 1.